The maximum Gasteiger partial charge on any atom is 0.416 e. The van der Waals surface area contributed by atoms with Gasteiger partial charge >= 0.3 is 6.18 Å². The maximum atomic E-state index is 12.9. The van der Waals surface area contributed by atoms with Crippen molar-refractivity contribution in [3.05, 3.63) is 35.4 Å². The Labute approximate surface area is 175 Å². The van der Waals surface area contributed by atoms with E-state index in [1.54, 1.807) is 17.9 Å². The van der Waals surface area contributed by atoms with Crippen LogP contribution in [0.3, 0.4) is 0 Å². The van der Waals surface area contributed by atoms with Gasteiger partial charge in [0.15, 0.2) is 0 Å². The third-order valence-electron chi connectivity index (χ3n) is 5.03. The van der Waals surface area contributed by atoms with E-state index in [1.807, 2.05) is 0 Å². The summed E-state index contributed by atoms with van der Waals surface area (Å²) in [7, 11) is 0. The number of halogens is 4. The van der Waals surface area contributed by atoms with Crippen molar-refractivity contribution in [1.82, 2.24) is 10.2 Å². The standard InChI is InChI=1S/C20H28F3N3O2.ClH/c1-14(11-15-5-4-6-16(12-15)20(21,22)23)19(28)26-10-3-2-7-17(26)13-25-18(27)8-9-24;/h4-6,12,14,17H,2-3,7-11,13,24H2,1H3,(H,25,27);1H. The molecule has 1 fully saturated rings. The molecule has 1 aromatic carbocycles. The molecule has 1 saturated heterocycles. The third-order valence-corrected chi connectivity index (χ3v) is 5.03. The Morgan fingerprint density at radius 3 is 2.69 bits per heavy atom. The molecular formula is C20H29ClF3N3O2. The van der Waals surface area contributed by atoms with Crippen molar-refractivity contribution in [2.75, 3.05) is 19.6 Å². The van der Waals surface area contributed by atoms with Crippen LogP contribution >= 0.6 is 12.4 Å². The molecule has 3 N–H and O–H groups in total. The zero-order chi connectivity index (χ0) is 20.7. The summed E-state index contributed by atoms with van der Waals surface area (Å²) in [6, 6.07) is 5.02. The molecule has 1 aliphatic heterocycles. The molecule has 0 radical (unpaired) electrons. The number of benzene rings is 1. The lowest BCUT2D eigenvalue weighted by Crippen LogP contribution is -2.51. The summed E-state index contributed by atoms with van der Waals surface area (Å²) < 4.78 is 38.7. The number of carbonyl (C=O) groups is 2. The quantitative estimate of drug-likeness (QED) is 0.690. The molecule has 2 atom stereocenters. The van der Waals surface area contributed by atoms with Gasteiger partial charge in [-0.15, -0.1) is 12.4 Å². The Kier molecular flexibility index (Phi) is 9.92. The van der Waals surface area contributed by atoms with E-state index in [-0.39, 0.29) is 49.6 Å². The summed E-state index contributed by atoms with van der Waals surface area (Å²) in [6.45, 7) is 2.98. The van der Waals surface area contributed by atoms with Crippen LogP contribution in [0.2, 0.25) is 0 Å². The highest BCUT2D eigenvalue weighted by atomic mass is 35.5. The van der Waals surface area contributed by atoms with Crippen molar-refractivity contribution < 1.29 is 22.8 Å². The van der Waals surface area contributed by atoms with E-state index in [0.29, 0.717) is 18.7 Å². The summed E-state index contributed by atoms with van der Waals surface area (Å²) >= 11 is 0. The van der Waals surface area contributed by atoms with Crippen LogP contribution in [0, 0.1) is 5.92 Å². The Balaban J connectivity index is 0.00000420. The number of nitrogens with zero attached hydrogens (tertiary/aromatic N) is 1. The van der Waals surface area contributed by atoms with E-state index >= 15 is 0 Å². The molecule has 0 saturated carbocycles. The van der Waals surface area contributed by atoms with E-state index in [4.69, 9.17) is 5.73 Å². The summed E-state index contributed by atoms with van der Waals surface area (Å²) in [5.41, 5.74) is 5.15. The van der Waals surface area contributed by atoms with E-state index in [1.165, 1.54) is 6.07 Å². The highest BCUT2D eigenvalue weighted by molar-refractivity contribution is 5.85. The molecule has 2 unspecified atom stereocenters. The summed E-state index contributed by atoms with van der Waals surface area (Å²) in [5, 5.41) is 2.81. The second-order valence-corrected chi connectivity index (χ2v) is 7.33. The number of nitrogens with one attached hydrogen (secondary N) is 1. The SMILES string of the molecule is CC(Cc1cccc(C(F)(F)F)c1)C(=O)N1CCCCC1CNC(=O)CCN.Cl. The monoisotopic (exact) mass is 435 g/mol. The molecule has 1 aliphatic rings. The van der Waals surface area contributed by atoms with Crippen LogP contribution in [0.15, 0.2) is 24.3 Å². The van der Waals surface area contributed by atoms with Gasteiger partial charge in [0.1, 0.15) is 0 Å². The van der Waals surface area contributed by atoms with E-state index in [2.05, 4.69) is 5.32 Å². The molecule has 0 aromatic heterocycles. The lowest BCUT2D eigenvalue weighted by Gasteiger charge is -2.37. The summed E-state index contributed by atoms with van der Waals surface area (Å²) in [6.07, 6.45) is -1.26. The van der Waals surface area contributed by atoms with Crippen molar-refractivity contribution in [3.8, 4) is 0 Å². The first-order valence-corrected chi connectivity index (χ1v) is 9.65. The van der Waals surface area contributed by atoms with Crippen molar-refractivity contribution in [3.63, 3.8) is 0 Å². The first-order chi connectivity index (χ1) is 13.2. The minimum absolute atomic E-state index is 0. The molecule has 164 valence electrons. The third kappa shape index (κ3) is 7.51. The van der Waals surface area contributed by atoms with Crippen LogP contribution in [-0.4, -0.2) is 42.4 Å². The van der Waals surface area contributed by atoms with Gasteiger partial charge in [0, 0.05) is 38.0 Å². The van der Waals surface area contributed by atoms with Gasteiger partial charge in [0.25, 0.3) is 0 Å². The van der Waals surface area contributed by atoms with Crippen molar-refractivity contribution in [1.29, 1.82) is 0 Å². The van der Waals surface area contributed by atoms with Gasteiger partial charge in [-0.05, 0) is 37.3 Å². The normalized spacial score (nSPS) is 18.0. The molecule has 2 rings (SSSR count). The molecule has 9 heteroatoms. The number of likely N-dealkylation sites (tertiary alicyclic amines) is 1. The summed E-state index contributed by atoms with van der Waals surface area (Å²) in [4.78, 5) is 26.4. The Bertz CT molecular complexity index is 685. The van der Waals surface area contributed by atoms with Gasteiger partial charge < -0.3 is 16.0 Å². The van der Waals surface area contributed by atoms with E-state index < -0.39 is 17.7 Å². The fourth-order valence-electron chi connectivity index (χ4n) is 3.55. The molecule has 0 bridgehead atoms. The molecule has 29 heavy (non-hydrogen) atoms. The minimum Gasteiger partial charge on any atom is -0.354 e. The fourth-order valence-corrected chi connectivity index (χ4v) is 3.55. The van der Waals surface area contributed by atoms with Gasteiger partial charge in [-0.25, -0.2) is 0 Å². The van der Waals surface area contributed by atoms with Gasteiger partial charge in [-0.1, -0.05) is 25.1 Å². The highest BCUT2D eigenvalue weighted by Gasteiger charge is 2.32. The number of hydrogen-bond donors (Lipinski definition) is 2. The van der Waals surface area contributed by atoms with Crippen molar-refractivity contribution in [2.24, 2.45) is 11.7 Å². The number of alkyl halides is 3. The molecule has 2 amide bonds. The topological polar surface area (TPSA) is 75.4 Å². The molecular weight excluding hydrogens is 407 g/mol. The van der Waals surface area contributed by atoms with Crippen LogP contribution in [0.1, 0.15) is 43.7 Å². The molecule has 1 aromatic rings. The van der Waals surface area contributed by atoms with Gasteiger partial charge in [-0.2, -0.15) is 13.2 Å². The van der Waals surface area contributed by atoms with E-state index in [0.717, 1.165) is 31.4 Å². The van der Waals surface area contributed by atoms with Crippen molar-refractivity contribution >= 4 is 24.2 Å². The number of rotatable bonds is 7. The predicted molar refractivity (Wildman–Crippen MR) is 108 cm³/mol. The Morgan fingerprint density at radius 1 is 1.31 bits per heavy atom. The Morgan fingerprint density at radius 2 is 2.03 bits per heavy atom. The zero-order valence-electron chi connectivity index (χ0n) is 16.5. The second kappa shape index (κ2) is 11.4. The average molecular weight is 436 g/mol. The van der Waals surface area contributed by atoms with Crippen LogP contribution < -0.4 is 11.1 Å². The predicted octanol–water partition coefficient (Wildman–Crippen LogP) is 3.15. The van der Waals surface area contributed by atoms with Crippen LogP contribution in [0.25, 0.3) is 0 Å². The summed E-state index contributed by atoms with van der Waals surface area (Å²) in [5.74, 6) is -0.670. The minimum atomic E-state index is -4.40. The van der Waals surface area contributed by atoms with E-state index in [9.17, 15) is 22.8 Å². The first kappa shape index (κ1) is 25.2. The molecule has 5 nitrogen and oxygen atoms in total. The van der Waals surface area contributed by atoms with Crippen LogP contribution in [-0.2, 0) is 22.2 Å². The number of nitrogens with two attached hydrogens (primary N) is 1. The lowest BCUT2D eigenvalue weighted by atomic mass is 9.95. The largest absolute Gasteiger partial charge is 0.416 e. The number of carbonyl (C=O) groups excluding carboxylic acids is 2. The fraction of sp³-hybridized carbons (Fsp3) is 0.600. The average Bonchev–Trinajstić information content (AvgIpc) is 2.66. The lowest BCUT2D eigenvalue weighted by molar-refractivity contribution is -0.139. The smallest absolute Gasteiger partial charge is 0.354 e. The van der Waals surface area contributed by atoms with Gasteiger partial charge in [0.2, 0.25) is 11.8 Å². The molecule has 1 heterocycles. The number of piperidine rings is 1. The van der Waals surface area contributed by atoms with Crippen molar-refractivity contribution in [2.45, 2.75) is 51.2 Å². The molecule has 0 spiro atoms. The zero-order valence-corrected chi connectivity index (χ0v) is 17.3. The maximum absolute atomic E-state index is 12.9. The Hall–Kier alpha value is -1.80. The molecule has 0 aliphatic carbocycles. The van der Waals surface area contributed by atoms with Crippen LogP contribution in [0.5, 0.6) is 0 Å². The number of amides is 2. The second-order valence-electron chi connectivity index (χ2n) is 7.33. The number of hydrogen-bond acceptors (Lipinski definition) is 3. The van der Waals surface area contributed by atoms with Crippen LogP contribution in [0.4, 0.5) is 13.2 Å². The highest BCUT2D eigenvalue weighted by Crippen LogP contribution is 2.30. The van der Waals surface area contributed by atoms with Gasteiger partial charge in [-0.3, -0.25) is 9.59 Å². The van der Waals surface area contributed by atoms with Gasteiger partial charge in [0.05, 0.1) is 5.56 Å². The first-order valence-electron chi connectivity index (χ1n) is 9.65.